The van der Waals surface area contributed by atoms with Crippen molar-refractivity contribution < 1.29 is 54.9 Å². The summed E-state index contributed by atoms with van der Waals surface area (Å²) in [6.07, 6.45) is -14.0. The van der Waals surface area contributed by atoms with E-state index in [1.807, 2.05) is 0 Å². The molecule has 0 radical (unpaired) electrons. The Morgan fingerprint density at radius 3 is 1.29 bits per heavy atom. The Morgan fingerprint density at radius 2 is 0.956 bits per heavy atom. The minimum atomic E-state index is -5.28. The maximum Gasteiger partial charge on any atom is 0.432 e. The van der Waals surface area contributed by atoms with Crippen LogP contribution in [-0.4, -0.2) is 44.6 Å². The van der Waals surface area contributed by atoms with Gasteiger partial charge in [-0.2, -0.15) is 26.3 Å². The van der Waals surface area contributed by atoms with Gasteiger partial charge in [0.1, 0.15) is 12.2 Å². The third-order valence-corrected chi connectivity index (χ3v) is 7.41. The first-order valence-corrected chi connectivity index (χ1v) is 13.8. The second-order valence-corrected chi connectivity index (χ2v) is 11.3. The Bertz CT molecular complexity index is 1410. The normalized spacial score (nSPS) is 16.5. The number of hydrogen-bond donors (Lipinski definition) is 0. The number of rotatable bonds is 11. The van der Waals surface area contributed by atoms with E-state index in [0.717, 1.165) is 24.3 Å². The van der Waals surface area contributed by atoms with Crippen molar-refractivity contribution in [1.82, 2.24) is 0 Å². The molecule has 0 bridgehead atoms. The van der Waals surface area contributed by atoms with Crippen LogP contribution in [0.4, 0.5) is 26.3 Å². The molecular weight excluding hydrogens is 606 g/mol. The van der Waals surface area contributed by atoms with Gasteiger partial charge < -0.3 is 18.9 Å². The third kappa shape index (κ3) is 7.17. The zero-order valence-corrected chi connectivity index (χ0v) is 25.2. The third-order valence-electron chi connectivity index (χ3n) is 7.41. The van der Waals surface area contributed by atoms with Gasteiger partial charge in [0.2, 0.25) is 0 Å². The van der Waals surface area contributed by atoms with E-state index in [1.54, 1.807) is 26.8 Å². The van der Waals surface area contributed by atoms with Crippen molar-refractivity contribution in [3.05, 3.63) is 108 Å². The number of esters is 2. The molecule has 0 saturated heterocycles. The van der Waals surface area contributed by atoms with Gasteiger partial charge in [-0.05, 0) is 11.0 Å². The van der Waals surface area contributed by atoms with E-state index in [0.29, 0.717) is 14.2 Å². The molecular formula is C33H34F6O6. The van der Waals surface area contributed by atoms with Crippen LogP contribution in [0, 0.1) is 5.41 Å². The Hall–Kier alpha value is -3.90. The van der Waals surface area contributed by atoms with Crippen molar-refractivity contribution in [2.24, 2.45) is 5.41 Å². The van der Waals surface area contributed by atoms with E-state index in [2.05, 4.69) is 0 Å². The quantitative estimate of drug-likeness (QED) is 0.157. The molecule has 0 fully saturated rings. The molecule has 2 unspecified atom stereocenters. The van der Waals surface area contributed by atoms with Crippen LogP contribution in [0.15, 0.2) is 91.0 Å². The molecule has 0 aliphatic rings. The maximum atomic E-state index is 14.6. The Morgan fingerprint density at radius 1 is 0.600 bits per heavy atom. The van der Waals surface area contributed by atoms with Crippen molar-refractivity contribution in [2.75, 3.05) is 14.2 Å². The van der Waals surface area contributed by atoms with Crippen molar-refractivity contribution in [2.45, 2.75) is 63.0 Å². The summed E-state index contributed by atoms with van der Waals surface area (Å²) in [6.45, 7) is 4.66. The van der Waals surface area contributed by atoms with Crippen molar-refractivity contribution >= 4 is 11.9 Å². The summed E-state index contributed by atoms with van der Waals surface area (Å²) in [5.41, 5.74) is -9.04. The molecule has 0 amide bonds. The van der Waals surface area contributed by atoms with Gasteiger partial charge in [-0.15, -0.1) is 0 Å². The average molecular weight is 641 g/mol. The Kier molecular flexibility index (Phi) is 10.8. The predicted molar refractivity (Wildman–Crippen MR) is 152 cm³/mol. The molecule has 0 saturated carbocycles. The van der Waals surface area contributed by atoms with Crippen LogP contribution in [0.1, 0.15) is 50.0 Å². The standard InChI is InChI=1S/C33H34F6O6/c1-29(2,3)26(45-28(41)31(43-5,33(37,38)39)24-19-13-8-14-20-24)21-25(22-15-9-6-10-16-22)44-27(40)30(42-4,32(34,35)36)23-17-11-7-12-18-23/h6-20,25-26H,21H2,1-5H3/t25-,26-,30?,31?/m0/s1. The van der Waals surface area contributed by atoms with Gasteiger partial charge in [0.15, 0.2) is 0 Å². The SMILES string of the molecule is COC(C(=O)O[C@@H](C[C@H](OC(=O)C(OC)(c1ccccc1)C(F)(F)F)C(C)(C)C)c1ccccc1)(c1ccccc1)C(F)(F)F. The maximum absolute atomic E-state index is 14.6. The first-order valence-electron chi connectivity index (χ1n) is 13.8. The predicted octanol–water partition coefficient (Wildman–Crippen LogP) is 7.83. The number of hydrogen-bond acceptors (Lipinski definition) is 6. The van der Waals surface area contributed by atoms with Crippen LogP contribution >= 0.6 is 0 Å². The van der Waals surface area contributed by atoms with Gasteiger partial charge in [0.25, 0.3) is 11.2 Å². The fourth-order valence-corrected chi connectivity index (χ4v) is 4.89. The summed E-state index contributed by atoms with van der Waals surface area (Å²) >= 11 is 0. The van der Waals surface area contributed by atoms with Crippen LogP contribution < -0.4 is 0 Å². The van der Waals surface area contributed by atoms with E-state index in [1.165, 1.54) is 60.7 Å². The topological polar surface area (TPSA) is 71.1 Å². The first-order chi connectivity index (χ1) is 21.0. The van der Waals surface area contributed by atoms with Gasteiger partial charge in [-0.3, -0.25) is 0 Å². The molecule has 6 nitrogen and oxygen atoms in total. The number of carbonyl (C=O) groups excluding carboxylic acids is 2. The smallest absolute Gasteiger partial charge is 0.432 e. The summed E-state index contributed by atoms with van der Waals surface area (Å²) < 4.78 is 108. The van der Waals surface area contributed by atoms with Crippen LogP contribution in [0.3, 0.4) is 0 Å². The Balaban J connectivity index is 2.09. The molecule has 0 aliphatic heterocycles. The second-order valence-electron chi connectivity index (χ2n) is 11.3. The van der Waals surface area contributed by atoms with E-state index in [4.69, 9.17) is 18.9 Å². The number of alkyl halides is 6. The fourth-order valence-electron chi connectivity index (χ4n) is 4.89. The number of benzene rings is 3. The summed E-state index contributed by atoms with van der Waals surface area (Å²) in [4.78, 5) is 27.1. The summed E-state index contributed by atoms with van der Waals surface area (Å²) in [7, 11) is 1.43. The Labute approximate surface area is 257 Å². The lowest BCUT2D eigenvalue weighted by Gasteiger charge is -2.38. The molecule has 3 aromatic rings. The molecule has 12 heteroatoms. The van der Waals surface area contributed by atoms with Gasteiger partial charge >= 0.3 is 24.3 Å². The largest absolute Gasteiger partial charge is 0.459 e. The lowest BCUT2D eigenvalue weighted by Crippen LogP contribution is -2.53. The molecule has 0 aliphatic carbocycles. The van der Waals surface area contributed by atoms with Gasteiger partial charge in [-0.25, -0.2) is 9.59 Å². The number of carbonyl (C=O) groups is 2. The molecule has 4 atom stereocenters. The molecule has 0 aromatic heterocycles. The van der Waals surface area contributed by atoms with Crippen molar-refractivity contribution in [3.8, 4) is 0 Å². The molecule has 0 spiro atoms. The minimum absolute atomic E-state index is 0.202. The summed E-state index contributed by atoms with van der Waals surface area (Å²) in [5.74, 6) is -3.62. The molecule has 3 rings (SSSR count). The van der Waals surface area contributed by atoms with Crippen LogP contribution in [0.25, 0.3) is 0 Å². The average Bonchev–Trinajstić information content (AvgIpc) is 2.97. The van der Waals surface area contributed by atoms with Crippen LogP contribution in [-0.2, 0) is 39.7 Å². The lowest BCUT2D eigenvalue weighted by atomic mass is 9.84. The summed E-state index contributed by atoms with van der Waals surface area (Å²) in [6, 6.07) is 19.9. The fraction of sp³-hybridized carbons (Fsp3) is 0.394. The molecule has 244 valence electrons. The zero-order valence-electron chi connectivity index (χ0n) is 25.2. The van der Waals surface area contributed by atoms with Gasteiger partial charge in [0.05, 0.1) is 0 Å². The van der Waals surface area contributed by atoms with Crippen molar-refractivity contribution in [1.29, 1.82) is 0 Å². The van der Waals surface area contributed by atoms with Crippen LogP contribution in [0.2, 0.25) is 0 Å². The second kappa shape index (κ2) is 13.6. The zero-order chi connectivity index (χ0) is 33.7. The highest BCUT2D eigenvalue weighted by molar-refractivity contribution is 5.83. The monoisotopic (exact) mass is 640 g/mol. The highest BCUT2D eigenvalue weighted by atomic mass is 19.4. The van der Waals surface area contributed by atoms with Crippen molar-refractivity contribution in [3.63, 3.8) is 0 Å². The van der Waals surface area contributed by atoms with E-state index in [9.17, 15) is 35.9 Å². The number of methoxy groups -OCH3 is 2. The first kappa shape index (κ1) is 35.6. The van der Waals surface area contributed by atoms with E-state index >= 15 is 0 Å². The van der Waals surface area contributed by atoms with Gasteiger partial charge in [0, 0.05) is 31.8 Å². The number of ether oxygens (including phenoxy) is 4. The molecule has 0 heterocycles. The number of halogens is 6. The lowest BCUT2D eigenvalue weighted by molar-refractivity contribution is -0.281. The highest BCUT2D eigenvalue weighted by Crippen LogP contribution is 2.46. The summed E-state index contributed by atoms with van der Waals surface area (Å²) in [5, 5.41) is 0. The highest BCUT2D eigenvalue weighted by Gasteiger charge is 2.66. The van der Waals surface area contributed by atoms with Crippen LogP contribution in [0.5, 0.6) is 0 Å². The minimum Gasteiger partial charge on any atom is -0.459 e. The van der Waals surface area contributed by atoms with Gasteiger partial charge in [-0.1, -0.05) is 112 Å². The molecule has 0 N–H and O–H groups in total. The van der Waals surface area contributed by atoms with E-state index < -0.39 is 70.7 Å². The molecule has 3 aromatic carbocycles. The van der Waals surface area contributed by atoms with E-state index in [-0.39, 0.29) is 5.56 Å². The molecule has 45 heavy (non-hydrogen) atoms.